The van der Waals surface area contributed by atoms with Crippen molar-refractivity contribution in [2.45, 2.75) is 13.1 Å². The smallest absolute Gasteiger partial charge is 0.417 e. The SMILES string of the molecule is Cc1cccc(C(F)(F)F)c1C(=O)n1nc(-c2ccc(C(=O)O)cc2F)c2ccc(N3CCNC3=O)cc21. The van der Waals surface area contributed by atoms with Gasteiger partial charge >= 0.3 is 18.2 Å². The Morgan fingerprint density at radius 1 is 1.08 bits per heavy atom. The van der Waals surface area contributed by atoms with E-state index in [1.807, 2.05) is 0 Å². The van der Waals surface area contributed by atoms with Gasteiger partial charge in [0.05, 0.1) is 22.2 Å². The molecular weight excluding hydrogens is 508 g/mol. The van der Waals surface area contributed by atoms with Gasteiger partial charge in [-0.1, -0.05) is 12.1 Å². The van der Waals surface area contributed by atoms with Crippen molar-refractivity contribution in [1.29, 1.82) is 0 Å². The average Bonchev–Trinajstić information content (AvgIpc) is 3.46. The van der Waals surface area contributed by atoms with Crippen LogP contribution in [0.2, 0.25) is 0 Å². The van der Waals surface area contributed by atoms with Crippen molar-refractivity contribution in [3.8, 4) is 11.3 Å². The summed E-state index contributed by atoms with van der Waals surface area (Å²) in [5, 5.41) is 16.2. The van der Waals surface area contributed by atoms with Crippen molar-refractivity contribution in [3.05, 3.63) is 82.7 Å². The zero-order chi connectivity index (χ0) is 27.4. The number of nitrogens with zero attached hydrogens (tertiary/aromatic N) is 3. The number of nitrogens with one attached hydrogen (secondary N) is 1. The lowest BCUT2D eigenvalue weighted by Gasteiger charge is -2.16. The number of carboxylic acid groups (broad SMARTS) is 1. The first-order valence-corrected chi connectivity index (χ1v) is 11.3. The van der Waals surface area contributed by atoms with Crippen LogP contribution in [0.3, 0.4) is 0 Å². The van der Waals surface area contributed by atoms with Gasteiger partial charge in [-0.25, -0.2) is 14.0 Å². The van der Waals surface area contributed by atoms with Gasteiger partial charge in [0, 0.05) is 29.7 Å². The second-order valence-electron chi connectivity index (χ2n) is 8.65. The number of aromatic carboxylic acids is 1. The maximum absolute atomic E-state index is 15.0. The van der Waals surface area contributed by atoms with Crippen molar-refractivity contribution in [1.82, 2.24) is 15.1 Å². The Kier molecular flexibility index (Phi) is 5.89. The van der Waals surface area contributed by atoms with Crippen LogP contribution in [0.25, 0.3) is 22.2 Å². The predicted molar refractivity (Wildman–Crippen MR) is 129 cm³/mol. The highest BCUT2D eigenvalue weighted by molar-refractivity contribution is 6.07. The summed E-state index contributed by atoms with van der Waals surface area (Å²) in [4.78, 5) is 38.5. The minimum Gasteiger partial charge on any atom is -0.478 e. The van der Waals surface area contributed by atoms with Crippen molar-refractivity contribution in [2.75, 3.05) is 18.0 Å². The standard InChI is InChI=1S/C26H18F4N4O4/c1-13-3-2-4-18(26(28,29)30)21(13)23(35)34-20-12-15(33-10-9-31-25(33)38)6-8-17(20)22(32-34)16-7-5-14(24(36)37)11-19(16)27/h2-8,11-12H,9-10H2,1H3,(H,31,38)(H,36,37). The molecule has 1 aromatic heterocycles. The molecule has 3 aromatic carbocycles. The lowest BCUT2D eigenvalue weighted by Crippen LogP contribution is -2.27. The highest BCUT2D eigenvalue weighted by Crippen LogP contribution is 2.36. The van der Waals surface area contributed by atoms with E-state index >= 15 is 4.39 Å². The van der Waals surface area contributed by atoms with E-state index in [1.165, 1.54) is 42.2 Å². The molecule has 0 unspecified atom stereocenters. The molecule has 5 rings (SSSR count). The second-order valence-corrected chi connectivity index (χ2v) is 8.65. The van der Waals surface area contributed by atoms with E-state index in [4.69, 9.17) is 5.11 Å². The quantitative estimate of drug-likeness (QED) is 0.361. The molecule has 0 bridgehead atoms. The summed E-state index contributed by atoms with van der Waals surface area (Å²) < 4.78 is 57.2. The molecule has 2 heterocycles. The molecule has 4 aromatic rings. The Bertz CT molecular complexity index is 1640. The Morgan fingerprint density at radius 2 is 1.84 bits per heavy atom. The van der Waals surface area contributed by atoms with Crippen molar-refractivity contribution in [2.24, 2.45) is 0 Å². The number of alkyl halides is 3. The van der Waals surface area contributed by atoms with Crippen LogP contribution in [0.15, 0.2) is 54.6 Å². The molecular formula is C26H18F4N4O4. The van der Waals surface area contributed by atoms with Gasteiger partial charge in [-0.2, -0.15) is 23.0 Å². The van der Waals surface area contributed by atoms with Gasteiger partial charge in [-0.15, -0.1) is 0 Å². The molecule has 2 amide bonds. The number of hydrogen-bond donors (Lipinski definition) is 2. The fourth-order valence-corrected chi connectivity index (χ4v) is 4.48. The number of benzene rings is 3. The molecule has 1 saturated heterocycles. The number of carbonyl (C=O) groups excluding carboxylic acids is 2. The van der Waals surface area contributed by atoms with E-state index in [2.05, 4.69) is 10.4 Å². The molecule has 8 nitrogen and oxygen atoms in total. The lowest BCUT2D eigenvalue weighted by molar-refractivity contribution is -0.138. The monoisotopic (exact) mass is 526 g/mol. The molecule has 194 valence electrons. The second kappa shape index (κ2) is 8.98. The summed E-state index contributed by atoms with van der Waals surface area (Å²) in [6, 6.07) is 10.5. The summed E-state index contributed by atoms with van der Waals surface area (Å²) in [6.07, 6.45) is -4.83. The Labute approximate surface area is 212 Å². The third kappa shape index (κ3) is 4.13. The molecule has 0 spiro atoms. The molecule has 1 fully saturated rings. The fraction of sp³-hybridized carbons (Fsp3) is 0.154. The van der Waals surface area contributed by atoms with E-state index in [9.17, 15) is 27.6 Å². The fourth-order valence-electron chi connectivity index (χ4n) is 4.48. The number of rotatable bonds is 4. The van der Waals surface area contributed by atoms with Crippen molar-refractivity contribution >= 4 is 34.5 Å². The number of carbonyl (C=O) groups is 3. The number of hydrogen-bond acceptors (Lipinski definition) is 4. The first-order chi connectivity index (χ1) is 18.0. The van der Waals surface area contributed by atoms with Crippen LogP contribution in [0.1, 0.15) is 31.8 Å². The molecule has 0 saturated carbocycles. The number of aryl methyl sites for hydroxylation is 1. The van der Waals surface area contributed by atoms with E-state index in [0.29, 0.717) is 18.8 Å². The zero-order valence-electron chi connectivity index (χ0n) is 19.6. The molecule has 0 aliphatic carbocycles. The normalized spacial score (nSPS) is 13.7. The van der Waals surface area contributed by atoms with Gasteiger partial charge in [0.15, 0.2) is 0 Å². The van der Waals surface area contributed by atoms with E-state index in [-0.39, 0.29) is 33.3 Å². The minimum absolute atomic E-state index is 0.0419. The molecule has 0 atom stereocenters. The van der Waals surface area contributed by atoms with Gasteiger partial charge in [0.2, 0.25) is 0 Å². The summed E-state index contributed by atoms with van der Waals surface area (Å²) in [5.41, 5.74) is -1.87. The Balaban J connectivity index is 1.76. The molecule has 38 heavy (non-hydrogen) atoms. The molecule has 12 heteroatoms. The molecule has 1 aliphatic heterocycles. The van der Waals surface area contributed by atoms with Crippen LogP contribution in [-0.2, 0) is 6.18 Å². The van der Waals surface area contributed by atoms with Crippen LogP contribution in [0.4, 0.5) is 28.0 Å². The predicted octanol–water partition coefficient (Wildman–Crippen LogP) is 5.09. The number of urea groups is 1. The maximum atomic E-state index is 15.0. The molecule has 2 N–H and O–H groups in total. The van der Waals surface area contributed by atoms with Gasteiger partial charge in [-0.3, -0.25) is 9.69 Å². The van der Waals surface area contributed by atoms with Crippen molar-refractivity contribution in [3.63, 3.8) is 0 Å². The Morgan fingerprint density at radius 3 is 2.47 bits per heavy atom. The topological polar surface area (TPSA) is 105 Å². The number of aromatic nitrogens is 2. The average molecular weight is 526 g/mol. The minimum atomic E-state index is -4.83. The maximum Gasteiger partial charge on any atom is 0.417 e. The van der Waals surface area contributed by atoms with Crippen LogP contribution < -0.4 is 10.2 Å². The van der Waals surface area contributed by atoms with E-state index in [1.54, 1.807) is 6.07 Å². The van der Waals surface area contributed by atoms with Gasteiger partial charge < -0.3 is 10.4 Å². The lowest BCUT2D eigenvalue weighted by atomic mass is 10.0. The van der Waals surface area contributed by atoms with Gasteiger partial charge in [-0.05, 0) is 55.0 Å². The zero-order valence-corrected chi connectivity index (χ0v) is 19.6. The number of amides is 2. The highest BCUT2D eigenvalue weighted by atomic mass is 19.4. The number of carboxylic acids is 1. The number of halogens is 4. The third-order valence-corrected chi connectivity index (χ3v) is 6.29. The summed E-state index contributed by atoms with van der Waals surface area (Å²) in [5.74, 6) is -3.40. The van der Waals surface area contributed by atoms with Crippen LogP contribution >= 0.6 is 0 Å². The van der Waals surface area contributed by atoms with Gasteiger partial charge in [0.1, 0.15) is 11.5 Å². The van der Waals surface area contributed by atoms with Crippen LogP contribution in [-0.4, -0.2) is 45.9 Å². The summed E-state index contributed by atoms with van der Waals surface area (Å²) in [7, 11) is 0. The van der Waals surface area contributed by atoms with Crippen molar-refractivity contribution < 1.29 is 37.1 Å². The number of anilines is 1. The molecule has 0 radical (unpaired) electrons. The first kappa shape index (κ1) is 24.9. The van der Waals surface area contributed by atoms with E-state index < -0.39 is 41.0 Å². The van der Waals surface area contributed by atoms with E-state index in [0.717, 1.165) is 22.9 Å². The first-order valence-electron chi connectivity index (χ1n) is 11.3. The molecule has 1 aliphatic rings. The highest BCUT2D eigenvalue weighted by Gasteiger charge is 2.37. The largest absolute Gasteiger partial charge is 0.478 e. The van der Waals surface area contributed by atoms with Crippen LogP contribution in [0, 0.1) is 12.7 Å². The van der Waals surface area contributed by atoms with Crippen LogP contribution in [0.5, 0.6) is 0 Å². The summed E-state index contributed by atoms with van der Waals surface area (Å²) >= 11 is 0. The Hall–Kier alpha value is -4.74. The van der Waals surface area contributed by atoms with Gasteiger partial charge in [0.25, 0.3) is 5.91 Å². The number of fused-ring (bicyclic) bond motifs is 1. The third-order valence-electron chi connectivity index (χ3n) is 6.29. The summed E-state index contributed by atoms with van der Waals surface area (Å²) in [6.45, 7) is 2.06.